The van der Waals surface area contributed by atoms with Gasteiger partial charge in [-0.2, -0.15) is 0 Å². The third-order valence-corrected chi connectivity index (χ3v) is 4.01. The van der Waals surface area contributed by atoms with E-state index in [0.717, 1.165) is 27.7 Å². The molecule has 5 nitrogen and oxygen atoms in total. The molecule has 0 saturated carbocycles. The third-order valence-electron chi connectivity index (χ3n) is 3.76. The fourth-order valence-electron chi connectivity index (χ4n) is 2.55. The van der Waals surface area contributed by atoms with Gasteiger partial charge in [0, 0.05) is 29.4 Å². The highest BCUT2D eigenvalue weighted by molar-refractivity contribution is 6.30. The molecule has 24 heavy (non-hydrogen) atoms. The standard InChI is InChI=1S/C18H13ClN4O/c1-20-18-21-9-8-15(22-18)12-4-7-16-14(10-12)17(24-23-16)11-2-5-13(19)6-3-11/h2-10H,1H3,(H,20,21,22). The smallest absolute Gasteiger partial charge is 0.222 e. The van der Waals surface area contributed by atoms with Crippen LogP contribution in [0.15, 0.2) is 59.3 Å². The molecule has 0 aliphatic carbocycles. The fraction of sp³-hybridized carbons (Fsp3) is 0.0556. The average Bonchev–Trinajstić information content (AvgIpc) is 3.05. The lowest BCUT2D eigenvalue weighted by molar-refractivity contribution is 0.441. The van der Waals surface area contributed by atoms with Crippen LogP contribution in [0.5, 0.6) is 0 Å². The molecule has 2 heterocycles. The molecular formula is C18H13ClN4O. The lowest BCUT2D eigenvalue weighted by Gasteiger charge is -2.04. The van der Waals surface area contributed by atoms with Crippen molar-refractivity contribution in [3.8, 4) is 22.6 Å². The lowest BCUT2D eigenvalue weighted by atomic mass is 10.0. The normalized spacial score (nSPS) is 10.9. The molecule has 2 aromatic heterocycles. The summed E-state index contributed by atoms with van der Waals surface area (Å²) in [6.07, 6.45) is 1.73. The van der Waals surface area contributed by atoms with Gasteiger partial charge in [0.2, 0.25) is 5.95 Å². The highest BCUT2D eigenvalue weighted by Gasteiger charge is 2.12. The van der Waals surface area contributed by atoms with Crippen LogP contribution in [-0.2, 0) is 0 Å². The van der Waals surface area contributed by atoms with Gasteiger partial charge in [-0.1, -0.05) is 22.8 Å². The molecule has 4 aromatic rings. The predicted octanol–water partition coefficient (Wildman–Crippen LogP) is 4.65. The topological polar surface area (TPSA) is 63.8 Å². The number of fused-ring (bicyclic) bond motifs is 1. The average molecular weight is 337 g/mol. The van der Waals surface area contributed by atoms with Gasteiger partial charge in [0.1, 0.15) is 5.52 Å². The van der Waals surface area contributed by atoms with Gasteiger partial charge in [-0.05, 0) is 42.5 Å². The molecule has 0 saturated heterocycles. The van der Waals surface area contributed by atoms with Crippen molar-refractivity contribution in [3.63, 3.8) is 0 Å². The van der Waals surface area contributed by atoms with Crippen LogP contribution in [0.4, 0.5) is 5.95 Å². The molecule has 4 rings (SSSR count). The molecule has 0 spiro atoms. The summed E-state index contributed by atoms with van der Waals surface area (Å²) in [5.74, 6) is 1.29. The van der Waals surface area contributed by atoms with Crippen LogP contribution in [0.2, 0.25) is 5.02 Å². The molecule has 118 valence electrons. The van der Waals surface area contributed by atoms with Crippen molar-refractivity contribution in [1.29, 1.82) is 0 Å². The number of nitrogens with zero attached hydrogens (tertiary/aromatic N) is 3. The first-order valence-corrected chi connectivity index (χ1v) is 7.79. The van der Waals surface area contributed by atoms with E-state index in [9.17, 15) is 0 Å². The minimum Gasteiger partial charge on any atom is -0.357 e. The van der Waals surface area contributed by atoms with Gasteiger partial charge in [-0.15, -0.1) is 0 Å². The minimum absolute atomic E-state index is 0.579. The van der Waals surface area contributed by atoms with Gasteiger partial charge >= 0.3 is 0 Å². The molecule has 0 bridgehead atoms. The van der Waals surface area contributed by atoms with E-state index >= 15 is 0 Å². The zero-order valence-electron chi connectivity index (χ0n) is 12.8. The van der Waals surface area contributed by atoms with Gasteiger partial charge < -0.3 is 9.84 Å². The van der Waals surface area contributed by atoms with E-state index < -0.39 is 0 Å². The largest absolute Gasteiger partial charge is 0.357 e. The van der Waals surface area contributed by atoms with Crippen LogP contribution in [0.1, 0.15) is 0 Å². The van der Waals surface area contributed by atoms with E-state index in [1.165, 1.54) is 0 Å². The Labute approximate surface area is 143 Å². The maximum Gasteiger partial charge on any atom is 0.222 e. The van der Waals surface area contributed by atoms with Gasteiger partial charge in [0.05, 0.1) is 11.1 Å². The second-order valence-electron chi connectivity index (χ2n) is 5.27. The zero-order valence-corrected chi connectivity index (χ0v) is 13.6. The fourth-order valence-corrected chi connectivity index (χ4v) is 2.68. The zero-order chi connectivity index (χ0) is 16.5. The first-order chi connectivity index (χ1) is 11.7. The highest BCUT2D eigenvalue weighted by atomic mass is 35.5. The summed E-state index contributed by atoms with van der Waals surface area (Å²) in [6, 6.07) is 15.3. The number of hydrogen-bond donors (Lipinski definition) is 1. The number of rotatable bonds is 3. The molecule has 6 heteroatoms. The maximum absolute atomic E-state index is 5.96. The van der Waals surface area contributed by atoms with E-state index in [4.69, 9.17) is 16.1 Å². The maximum atomic E-state index is 5.96. The Hall–Kier alpha value is -2.92. The Morgan fingerprint density at radius 1 is 1.00 bits per heavy atom. The third kappa shape index (κ3) is 2.59. The van der Waals surface area contributed by atoms with Gasteiger partial charge in [-0.3, -0.25) is 0 Å². The summed E-state index contributed by atoms with van der Waals surface area (Å²) in [5.41, 5.74) is 3.53. The van der Waals surface area contributed by atoms with Crippen LogP contribution in [0.25, 0.3) is 33.5 Å². The van der Waals surface area contributed by atoms with Crippen molar-refractivity contribution in [2.24, 2.45) is 0 Å². The molecule has 0 unspecified atom stereocenters. The lowest BCUT2D eigenvalue weighted by Crippen LogP contribution is -1.96. The van der Waals surface area contributed by atoms with Crippen LogP contribution in [-0.4, -0.2) is 22.2 Å². The van der Waals surface area contributed by atoms with Gasteiger partial charge in [-0.25, -0.2) is 9.97 Å². The predicted molar refractivity (Wildman–Crippen MR) is 95.0 cm³/mol. The van der Waals surface area contributed by atoms with Crippen molar-refractivity contribution in [2.45, 2.75) is 0 Å². The molecule has 0 aliphatic heterocycles. The van der Waals surface area contributed by atoms with Crippen LogP contribution < -0.4 is 5.32 Å². The number of aromatic nitrogens is 3. The van der Waals surface area contributed by atoms with E-state index in [0.29, 0.717) is 16.7 Å². The summed E-state index contributed by atoms with van der Waals surface area (Å²) in [4.78, 5) is 8.62. The number of halogens is 1. The second kappa shape index (κ2) is 5.94. The number of nitrogens with one attached hydrogen (secondary N) is 1. The summed E-state index contributed by atoms with van der Waals surface area (Å²) in [5, 5.41) is 8.69. The van der Waals surface area contributed by atoms with E-state index in [2.05, 4.69) is 20.4 Å². The van der Waals surface area contributed by atoms with Crippen LogP contribution in [0.3, 0.4) is 0 Å². The number of hydrogen-bond acceptors (Lipinski definition) is 5. The van der Waals surface area contributed by atoms with Crippen molar-refractivity contribution in [3.05, 3.63) is 59.8 Å². The number of anilines is 1. The van der Waals surface area contributed by atoms with E-state index in [1.807, 2.05) is 48.5 Å². The highest BCUT2D eigenvalue weighted by Crippen LogP contribution is 2.32. The summed E-state index contributed by atoms with van der Waals surface area (Å²) in [7, 11) is 1.79. The Kier molecular flexibility index (Phi) is 3.63. The molecule has 2 aromatic carbocycles. The first-order valence-electron chi connectivity index (χ1n) is 7.41. The molecule has 1 N–H and O–H groups in total. The summed E-state index contributed by atoms with van der Waals surface area (Å²) < 4.78 is 5.54. The SMILES string of the molecule is CNc1nccc(-c2ccc3noc(-c4ccc(Cl)cc4)c3c2)n1. The van der Waals surface area contributed by atoms with Crippen molar-refractivity contribution < 1.29 is 4.52 Å². The summed E-state index contributed by atoms with van der Waals surface area (Å²) >= 11 is 5.96. The minimum atomic E-state index is 0.579. The van der Waals surface area contributed by atoms with Crippen molar-refractivity contribution in [1.82, 2.24) is 15.1 Å². The number of benzene rings is 2. The Balaban J connectivity index is 1.85. The first kappa shape index (κ1) is 14.7. The molecule has 0 fully saturated rings. The van der Waals surface area contributed by atoms with Crippen LogP contribution >= 0.6 is 11.6 Å². The molecule has 0 radical (unpaired) electrons. The monoisotopic (exact) mass is 336 g/mol. The van der Waals surface area contributed by atoms with Gasteiger partial charge in [0.25, 0.3) is 0 Å². The van der Waals surface area contributed by atoms with Crippen LogP contribution in [0, 0.1) is 0 Å². The Morgan fingerprint density at radius 3 is 2.58 bits per heavy atom. The van der Waals surface area contributed by atoms with Crippen molar-refractivity contribution in [2.75, 3.05) is 12.4 Å². The van der Waals surface area contributed by atoms with Crippen molar-refractivity contribution >= 4 is 28.5 Å². The Morgan fingerprint density at radius 2 is 1.79 bits per heavy atom. The molecular weight excluding hydrogens is 324 g/mol. The van der Waals surface area contributed by atoms with E-state index in [-0.39, 0.29) is 0 Å². The molecule has 0 aliphatic rings. The van der Waals surface area contributed by atoms with E-state index in [1.54, 1.807) is 13.2 Å². The van der Waals surface area contributed by atoms with Gasteiger partial charge in [0.15, 0.2) is 5.76 Å². The second-order valence-corrected chi connectivity index (χ2v) is 5.70. The molecule has 0 atom stereocenters. The molecule has 0 amide bonds. The quantitative estimate of drug-likeness (QED) is 0.590. The summed E-state index contributed by atoms with van der Waals surface area (Å²) in [6.45, 7) is 0. The Bertz CT molecular complexity index is 1010.